The summed E-state index contributed by atoms with van der Waals surface area (Å²) in [6, 6.07) is 18.6. The normalized spacial score (nSPS) is 15.6. The quantitative estimate of drug-likeness (QED) is 0.125. The number of carbonyl (C=O) groups is 1. The molecule has 0 amide bonds. The standard InChI is InChI=1S/C32H35N7O3/c1-41-28-21-23(15-16-27(28)42-29(40)26-14-10-12-24-11-4-5-13-25(24)26)22-33-37-30-34-31(38-17-6-2-7-18-38)36-32(35-30)39-19-8-3-9-20-39/h4-5,10-16,21-22H,2-3,6-9,17-20H2,1H3,(H,34,35,36,37)/b33-22-. The van der Waals surface area contributed by atoms with Crippen LogP contribution in [0.1, 0.15) is 54.4 Å². The van der Waals surface area contributed by atoms with Crippen LogP contribution in [0.2, 0.25) is 0 Å². The number of methoxy groups -OCH3 is 1. The molecule has 10 heteroatoms. The molecule has 3 heterocycles. The lowest BCUT2D eigenvalue weighted by molar-refractivity contribution is 0.0732. The fraction of sp³-hybridized carbons (Fsp3) is 0.344. The Morgan fingerprint density at radius 3 is 2.17 bits per heavy atom. The molecule has 216 valence electrons. The van der Waals surface area contributed by atoms with E-state index in [1.54, 1.807) is 31.5 Å². The van der Waals surface area contributed by atoms with Crippen molar-refractivity contribution in [1.29, 1.82) is 0 Å². The van der Waals surface area contributed by atoms with Crippen LogP contribution in [-0.2, 0) is 0 Å². The maximum atomic E-state index is 13.1. The van der Waals surface area contributed by atoms with E-state index in [2.05, 4.69) is 30.3 Å². The second kappa shape index (κ2) is 12.8. The van der Waals surface area contributed by atoms with E-state index in [-0.39, 0.29) is 0 Å². The van der Waals surface area contributed by atoms with Gasteiger partial charge in [-0.25, -0.2) is 10.2 Å². The number of hydrazone groups is 1. The molecule has 6 rings (SSSR count). The Morgan fingerprint density at radius 2 is 1.48 bits per heavy atom. The van der Waals surface area contributed by atoms with Crippen molar-refractivity contribution in [2.45, 2.75) is 38.5 Å². The fourth-order valence-electron chi connectivity index (χ4n) is 5.45. The van der Waals surface area contributed by atoms with Crippen molar-refractivity contribution in [1.82, 2.24) is 15.0 Å². The summed E-state index contributed by atoms with van der Waals surface area (Å²) in [4.78, 5) is 31.7. The summed E-state index contributed by atoms with van der Waals surface area (Å²) in [5.41, 5.74) is 4.25. The first kappa shape index (κ1) is 27.4. The molecule has 42 heavy (non-hydrogen) atoms. The number of carbonyl (C=O) groups excluding carboxylic acids is 1. The molecule has 3 aromatic carbocycles. The predicted octanol–water partition coefficient (Wildman–Crippen LogP) is 5.68. The molecule has 2 fully saturated rings. The number of nitrogens with one attached hydrogen (secondary N) is 1. The van der Waals surface area contributed by atoms with Gasteiger partial charge in [0.2, 0.25) is 17.8 Å². The van der Waals surface area contributed by atoms with Crippen LogP contribution in [0.3, 0.4) is 0 Å². The van der Waals surface area contributed by atoms with E-state index in [1.165, 1.54) is 12.8 Å². The van der Waals surface area contributed by atoms with Crippen LogP contribution < -0.4 is 24.7 Å². The third-order valence-corrected chi connectivity index (χ3v) is 7.67. The zero-order valence-corrected chi connectivity index (χ0v) is 23.8. The van der Waals surface area contributed by atoms with Gasteiger partial charge in [-0.05, 0) is 79.1 Å². The van der Waals surface area contributed by atoms with Gasteiger partial charge in [-0.3, -0.25) is 0 Å². The van der Waals surface area contributed by atoms with Gasteiger partial charge in [0.05, 0.1) is 18.9 Å². The number of benzene rings is 3. The Morgan fingerprint density at radius 1 is 0.810 bits per heavy atom. The number of nitrogens with zero attached hydrogens (tertiary/aromatic N) is 6. The Hall–Kier alpha value is -4.73. The van der Waals surface area contributed by atoms with E-state index in [9.17, 15) is 4.79 Å². The molecule has 0 bridgehead atoms. The highest BCUT2D eigenvalue weighted by atomic mass is 16.6. The lowest BCUT2D eigenvalue weighted by Crippen LogP contribution is -2.34. The molecule has 2 aliphatic heterocycles. The van der Waals surface area contributed by atoms with Gasteiger partial charge >= 0.3 is 5.97 Å². The summed E-state index contributed by atoms with van der Waals surface area (Å²) in [7, 11) is 1.54. The number of anilines is 3. The smallest absolute Gasteiger partial charge is 0.344 e. The number of aromatic nitrogens is 3. The number of rotatable bonds is 8. The van der Waals surface area contributed by atoms with Crippen LogP contribution in [0, 0.1) is 0 Å². The van der Waals surface area contributed by atoms with Crippen molar-refractivity contribution >= 4 is 40.8 Å². The van der Waals surface area contributed by atoms with Gasteiger partial charge in [-0.2, -0.15) is 20.1 Å². The van der Waals surface area contributed by atoms with E-state index in [4.69, 9.17) is 14.5 Å². The van der Waals surface area contributed by atoms with Gasteiger partial charge < -0.3 is 19.3 Å². The third-order valence-electron chi connectivity index (χ3n) is 7.67. The molecule has 1 N–H and O–H groups in total. The molecular weight excluding hydrogens is 530 g/mol. The maximum Gasteiger partial charge on any atom is 0.344 e. The largest absolute Gasteiger partial charge is 0.493 e. The van der Waals surface area contributed by atoms with Gasteiger partial charge in [0.1, 0.15) is 0 Å². The van der Waals surface area contributed by atoms with Crippen molar-refractivity contribution in [3.8, 4) is 11.5 Å². The second-order valence-corrected chi connectivity index (χ2v) is 10.6. The Balaban J connectivity index is 1.18. The summed E-state index contributed by atoms with van der Waals surface area (Å²) in [5, 5.41) is 6.22. The van der Waals surface area contributed by atoms with Gasteiger partial charge in [-0.1, -0.05) is 36.4 Å². The summed E-state index contributed by atoms with van der Waals surface area (Å²) in [6.07, 6.45) is 8.69. The number of piperidine rings is 2. The molecule has 0 unspecified atom stereocenters. The molecule has 2 aliphatic rings. The average molecular weight is 566 g/mol. The lowest BCUT2D eigenvalue weighted by atomic mass is 10.0. The average Bonchev–Trinajstić information content (AvgIpc) is 3.05. The van der Waals surface area contributed by atoms with Crippen molar-refractivity contribution in [2.24, 2.45) is 5.10 Å². The summed E-state index contributed by atoms with van der Waals surface area (Å²) >= 11 is 0. The number of ether oxygens (including phenoxy) is 2. The summed E-state index contributed by atoms with van der Waals surface area (Å²) in [5.74, 6) is 2.11. The van der Waals surface area contributed by atoms with E-state index in [1.807, 2.05) is 42.5 Å². The second-order valence-electron chi connectivity index (χ2n) is 10.6. The maximum absolute atomic E-state index is 13.1. The Labute approximate surface area is 245 Å². The number of fused-ring (bicyclic) bond motifs is 1. The van der Waals surface area contributed by atoms with E-state index in [0.29, 0.717) is 34.9 Å². The minimum Gasteiger partial charge on any atom is -0.493 e. The van der Waals surface area contributed by atoms with Crippen molar-refractivity contribution in [3.63, 3.8) is 0 Å². The third kappa shape index (κ3) is 6.27. The topological polar surface area (TPSA) is 105 Å². The molecule has 0 saturated carbocycles. The number of esters is 1. The molecule has 1 aromatic heterocycles. The predicted molar refractivity (Wildman–Crippen MR) is 165 cm³/mol. The SMILES string of the molecule is COc1cc(/C=N\Nc2nc(N3CCCCC3)nc(N3CCCCC3)n2)ccc1OC(=O)c1cccc2ccccc12. The van der Waals surface area contributed by atoms with E-state index >= 15 is 0 Å². The first-order valence-electron chi connectivity index (χ1n) is 14.6. The minimum absolute atomic E-state index is 0.329. The van der Waals surface area contributed by atoms with E-state index in [0.717, 1.165) is 68.2 Å². The fourth-order valence-corrected chi connectivity index (χ4v) is 5.45. The van der Waals surface area contributed by atoms with Crippen LogP contribution in [0.25, 0.3) is 10.8 Å². The zero-order valence-electron chi connectivity index (χ0n) is 23.8. The minimum atomic E-state index is -0.447. The first-order chi connectivity index (χ1) is 20.7. The number of hydrogen-bond acceptors (Lipinski definition) is 10. The molecule has 2 saturated heterocycles. The summed E-state index contributed by atoms with van der Waals surface area (Å²) < 4.78 is 11.3. The van der Waals surface area contributed by atoms with Crippen LogP contribution >= 0.6 is 0 Å². The monoisotopic (exact) mass is 565 g/mol. The molecule has 0 spiro atoms. The first-order valence-corrected chi connectivity index (χ1v) is 14.6. The molecule has 4 aromatic rings. The van der Waals surface area contributed by atoms with Gasteiger partial charge in [0, 0.05) is 26.2 Å². The van der Waals surface area contributed by atoms with E-state index < -0.39 is 5.97 Å². The lowest BCUT2D eigenvalue weighted by Gasteiger charge is -2.30. The molecule has 0 radical (unpaired) electrons. The van der Waals surface area contributed by atoms with Crippen LogP contribution in [-0.4, -0.2) is 60.4 Å². The summed E-state index contributed by atoms with van der Waals surface area (Å²) in [6.45, 7) is 3.79. The van der Waals surface area contributed by atoms with Gasteiger partial charge in [0.25, 0.3) is 0 Å². The highest BCUT2D eigenvalue weighted by Gasteiger charge is 2.20. The molecule has 0 atom stereocenters. The van der Waals surface area contributed by atoms with Crippen LogP contribution in [0.15, 0.2) is 65.8 Å². The highest BCUT2D eigenvalue weighted by Crippen LogP contribution is 2.30. The van der Waals surface area contributed by atoms with Gasteiger partial charge in [-0.15, -0.1) is 0 Å². The van der Waals surface area contributed by atoms with Crippen molar-refractivity contribution in [3.05, 3.63) is 71.8 Å². The van der Waals surface area contributed by atoms with Crippen molar-refractivity contribution < 1.29 is 14.3 Å². The molecule has 0 aliphatic carbocycles. The van der Waals surface area contributed by atoms with Crippen LogP contribution in [0.5, 0.6) is 11.5 Å². The zero-order chi connectivity index (χ0) is 28.7. The Kier molecular flexibility index (Phi) is 8.39. The molecular formula is C32H35N7O3. The highest BCUT2D eigenvalue weighted by molar-refractivity contribution is 6.05. The van der Waals surface area contributed by atoms with Crippen LogP contribution in [0.4, 0.5) is 17.8 Å². The van der Waals surface area contributed by atoms with Crippen molar-refractivity contribution in [2.75, 3.05) is 48.5 Å². The molecule has 10 nitrogen and oxygen atoms in total. The van der Waals surface area contributed by atoms with Gasteiger partial charge in [0.15, 0.2) is 11.5 Å². The Bertz CT molecular complexity index is 1540. The number of hydrogen-bond donors (Lipinski definition) is 1.